The van der Waals surface area contributed by atoms with Gasteiger partial charge in [-0.05, 0) is 28.1 Å². The number of carboxylic acids is 1. The highest BCUT2D eigenvalue weighted by molar-refractivity contribution is 9.10. The SMILES string of the molecule is O=C(O)c1cccnc1Sc1c(Br)cncc1[N+](=O)[O-]. The number of aromatic carboxylic acids is 1. The Labute approximate surface area is 125 Å². The molecule has 1 N–H and O–H groups in total. The van der Waals surface area contributed by atoms with Gasteiger partial charge in [-0.3, -0.25) is 15.1 Å². The van der Waals surface area contributed by atoms with Crippen LogP contribution in [0.1, 0.15) is 10.4 Å². The molecule has 0 spiro atoms. The number of hydrogen-bond acceptors (Lipinski definition) is 6. The van der Waals surface area contributed by atoms with Crippen molar-refractivity contribution in [1.82, 2.24) is 9.97 Å². The van der Waals surface area contributed by atoms with Crippen molar-refractivity contribution >= 4 is 39.3 Å². The average molecular weight is 356 g/mol. The van der Waals surface area contributed by atoms with Crippen molar-refractivity contribution in [2.75, 3.05) is 0 Å². The summed E-state index contributed by atoms with van der Waals surface area (Å²) in [6.07, 6.45) is 3.94. The van der Waals surface area contributed by atoms with E-state index in [2.05, 4.69) is 25.9 Å². The maximum absolute atomic E-state index is 11.1. The molecule has 102 valence electrons. The predicted molar refractivity (Wildman–Crippen MR) is 73.9 cm³/mol. The zero-order valence-electron chi connectivity index (χ0n) is 9.69. The zero-order chi connectivity index (χ0) is 14.7. The third-order valence-corrected chi connectivity index (χ3v) is 4.25. The minimum absolute atomic E-state index is 0.0180. The molecule has 7 nitrogen and oxygen atoms in total. The van der Waals surface area contributed by atoms with Gasteiger partial charge >= 0.3 is 11.7 Å². The Bertz CT molecular complexity index is 695. The molecule has 0 bridgehead atoms. The summed E-state index contributed by atoms with van der Waals surface area (Å²) in [7, 11) is 0. The van der Waals surface area contributed by atoms with E-state index in [1.165, 1.54) is 24.5 Å². The molecule has 0 aliphatic rings. The van der Waals surface area contributed by atoms with Gasteiger partial charge in [-0.15, -0.1) is 0 Å². The smallest absolute Gasteiger partial charge is 0.338 e. The van der Waals surface area contributed by atoms with E-state index in [1.54, 1.807) is 0 Å². The van der Waals surface area contributed by atoms with E-state index >= 15 is 0 Å². The largest absolute Gasteiger partial charge is 0.478 e. The Hall–Kier alpha value is -2.00. The lowest BCUT2D eigenvalue weighted by molar-refractivity contribution is -0.388. The molecule has 0 saturated carbocycles. The van der Waals surface area contributed by atoms with E-state index in [9.17, 15) is 14.9 Å². The minimum atomic E-state index is -1.14. The Morgan fingerprint density at radius 2 is 2.20 bits per heavy atom. The molecular formula is C11H6BrN3O4S. The van der Waals surface area contributed by atoms with Gasteiger partial charge in [-0.2, -0.15) is 0 Å². The number of aromatic nitrogens is 2. The van der Waals surface area contributed by atoms with Crippen LogP contribution in [-0.4, -0.2) is 26.0 Å². The number of nitrogens with zero attached hydrogens (tertiary/aromatic N) is 3. The number of halogens is 1. The summed E-state index contributed by atoms with van der Waals surface area (Å²) >= 11 is 4.08. The lowest BCUT2D eigenvalue weighted by Crippen LogP contribution is -2.01. The van der Waals surface area contributed by atoms with Crippen LogP contribution in [0.25, 0.3) is 0 Å². The lowest BCUT2D eigenvalue weighted by Gasteiger charge is -2.06. The fourth-order valence-electron chi connectivity index (χ4n) is 1.38. The van der Waals surface area contributed by atoms with Crippen molar-refractivity contribution in [3.63, 3.8) is 0 Å². The molecule has 0 fully saturated rings. The van der Waals surface area contributed by atoms with Crippen molar-refractivity contribution in [1.29, 1.82) is 0 Å². The van der Waals surface area contributed by atoms with Gasteiger partial charge in [0.05, 0.1) is 15.0 Å². The van der Waals surface area contributed by atoms with Gasteiger partial charge in [0.15, 0.2) is 0 Å². The lowest BCUT2D eigenvalue weighted by atomic mass is 10.3. The summed E-state index contributed by atoms with van der Waals surface area (Å²) in [6.45, 7) is 0. The first-order valence-corrected chi connectivity index (χ1v) is 6.75. The quantitative estimate of drug-likeness (QED) is 0.663. The van der Waals surface area contributed by atoms with Crippen molar-refractivity contribution in [3.8, 4) is 0 Å². The van der Waals surface area contributed by atoms with Crippen molar-refractivity contribution in [2.24, 2.45) is 0 Å². The van der Waals surface area contributed by atoms with Gasteiger partial charge in [0, 0.05) is 12.4 Å². The molecule has 2 aromatic heterocycles. The number of carboxylic acid groups (broad SMARTS) is 1. The minimum Gasteiger partial charge on any atom is -0.478 e. The number of carbonyl (C=O) groups is 1. The van der Waals surface area contributed by atoms with E-state index < -0.39 is 10.9 Å². The van der Waals surface area contributed by atoms with E-state index in [-0.39, 0.29) is 21.2 Å². The molecule has 0 unspecified atom stereocenters. The van der Waals surface area contributed by atoms with Crippen LogP contribution in [0, 0.1) is 10.1 Å². The molecule has 9 heteroatoms. The fraction of sp³-hybridized carbons (Fsp3) is 0. The standard InChI is InChI=1S/C11H6BrN3O4S/c12-7-4-13-5-8(15(18)19)9(7)20-10-6(11(16)17)2-1-3-14-10/h1-5H,(H,16,17). The second-order valence-corrected chi connectivity index (χ2v) is 5.34. The van der Waals surface area contributed by atoms with Crippen LogP contribution in [-0.2, 0) is 0 Å². The van der Waals surface area contributed by atoms with Crippen LogP contribution >= 0.6 is 27.7 Å². The number of hydrogen-bond donors (Lipinski definition) is 1. The normalized spacial score (nSPS) is 10.2. The maximum atomic E-state index is 11.1. The molecule has 0 amide bonds. The molecule has 0 atom stereocenters. The first-order valence-electron chi connectivity index (χ1n) is 5.14. The first-order chi connectivity index (χ1) is 9.50. The highest BCUT2D eigenvalue weighted by Gasteiger charge is 2.21. The third kappa shape index (κ3) is 2.94. The molecule has 2 rings (SSSR count). The van der Waals surface area contributed by atoms with Gasteiger partial charge in [-0.1, -0.05) is 11.8 Å². The van der Waals surface area contributed by atoms with Gasteiger partial charge in [-0.25, -0.2) is 9.78 Å². The van der Waals surface area contributed by atoms with Crippen LogP contribution in [0.5, 0.6) is 0 Å². The van der Waals surface area contributed by atoms with Crippen molar-refractivity contribution in [3.05, 3.63) is 50.9 Å². The Kier molecular flexibility index (Phi) is 4.30. The summed E-state index contributed by atoms with van der Waals surface area (Å²) in [4.78, 5) is 29.4. The number of pyridine rings is 2. The second-order valence-electron chi connectivity index (χ2n) is 3.49. The topological polar surface area (TPSA) is 106 Å². The van der Waals surface area contributed by atoms with Crippen LogP contribution < -0.4 is 0 Å². The highest BCUT2D eigenvalue weighted by atomic mass is 79.9. The monoisotopic (exact) mass is 355 g/mol. The summed E-state index contributed by atoms with van der Waals surface area (Å²) in [5, 5.41) is 20.2. The highest BCUT2D eigenvalue weighted by Crippen LogP contribution is 2.39. The maximum Gasteiger partial charge on any atom is 0.338 e. The molecule has 0 aromatic carbocycles. The molecule has 0 radical (unpaired) electrons. The van der Waals surface area contributed by atoms with Crippen molar-refractivity contribution < 1.29 is 14.8 Å². The third-order valence-electron chi connectivity index (χ3n) is 2.23. The van der Waals surface area contributed by atoms with Gasteiger partial charge < -0.3 is 5.11 Å². The molecule has 0 saturated heterocycles. The fourth-order valence-corrected chi connectivity index (χ4v) is 2.89. The molecular weight excluding hydrogens is 350 g/mol. The van der Waals surface area contributed by atoms with E-state index in [0.717, 1.165) is 18.0 Å². The van der Waals surface area contributed by atoms with Crippen LogP contribution in [0.15, 0.2) is 45.1 Å². The van der Waals surface area contributed by atoms with Crippen LogP contribution in [0.2, 0.25) is 0 Å². The molecule has 20 heavy (non-hydrogen) atoms. The van der Waals surface area contributed by atoms with Crippen LogP contribution in [0.4, 0.5) is 5.69 Å². The second kappa shape index (κ2) is 5.97. The summed E-state index contributed by atoms with van der Waals surface area (Å²) in [5.41, 5.74) is -0.234. The first kappa shape index (κ1) is 14.4. The molecule has 0 aliphatic carbocycles. The van der Waals surface area contributed by atoms with E-state index in [1.807, 2.05) is 0 Å². The number of rotatable bonds is 4. The molecule has 0 aliphatic heterocycles. The van der Waals surface area contributed by atoms with E-state index in [4.69, 9.17) is 5.11 Å². The van der Waals surface area contributed by atoms with E-state index in [0.29, 0.717) is 4.47 Å². The molecule has 2 heterocycles. The summed E-state index contributed by atoms with van der Waals surface area (Å²) in [6, 6.07) is 2.88. The summed E-state index contributed by atoms with van der Waals surface area (Å²) < 4.78 is 0.402. The average Bonchev–Trinajstić information content (AvgIpc) is 2.41. The predicted octanol–water partition coefficient (Wildman–Crippen LogP) is 3.00. The Balaban J connectivity index is 2.51. The van der Waals surface area contributed by atoms with Gasteiger partial charge in [0.1, 0.15) is 16.1 Å². The summed E-state index contributed by atoms with van der Waals surface area (Å²) in [5.74, 6) is -1.14. The van der Waals surface area contributed by atoms with Crippen LogP contribution in [0.3, 0.4) is 0 Å². The van der Waals surface area contributed by atoms with Gasteiger partial charge in [0.25, 0.3) is 0 Å². The Morgan fingerprint density at radius 1 is 1.45 bits per heavy atom. The number of nitro groups is 1. The Morgan fingerprint density at radius 3 is 2.85 bits per heavy atom. The zero-order valence-corrected chi connectivity index (χ0v) is 12.1. The molecule has 2 aromatic rings. The van der Waals surface area contributed by atoms with Gasteiger partial charge in [0.2, 0.25) is 0 Å². The van der Waals surface area contributed by atoms with Crippen molar-refractivity contribution in [2.45, 2.75) is 9.92 Å².